The molecule has 114 valence electrons. The number of carbonyl (C=O) groups excluding carboxylic acids is 2. The predicted octanol–water partition coefficient (Wildman–Crippen LogP) is -0.654. The number of carbonyl (C=O) groups is 3. The third kappa shape index (κ3) is 4.77. The number of primary amides is 1. The fourth-order valence-corrected chi connectivity index (χ4v) is 1.71. The molecule has 21 heavy (non-hydrogen) atoms. The lowest BCUT2D eigenvalue weighted by molar-refractivity contribution is -0.145. The molecule has 8 heteroatoms. The normalized spacial score (nSPS) is 14.6. The lowest BCUT2D eigenvalue weighted by atomic mass is 10.1. The Morgan fingerprint density at radius 3 is 2.14 bits per heavy atom. The van der Waals surface area contributed by atoms with Gasteiger partial charge in [0, 0.05) is 0 Å². The van der Waals surface area contributed by atoms with Crippen LogP contribution in [0.1, 0.15) is 18.5 Å². The number of carboxylic acids is 1. The smallest absolute Gasteiger partial charge is 0.328 e. The van der Waals surface area contributed by atoms with E-state index in [0.717, 1.165) is 0 Å². The van der Waals surface area contributed by atoms with Gasteiger partial charge in [0.05, 0.1) is 6.10 Å². The summed E-state index contributed by atoms with van der Waals surface area (Å²) in [6.45, 7) is 1.23. The number of benzene rings is 1. The van der Waals surface area contributed by atoms with Crippen molar-refractivity contribution in [2.45, 2.75) is 25.1 Å². The summed E-state index contributed by atoms with van der Waals surface area (Å²) < 4.78 is 0. The molecule has 0 heterocycles. The van der Waals surface area contributed by atoms with Crippen molar-refractivity contribution in [3.05, 3.63) is 35.9 Å². The quantitative estimate of drug-likeness (QED) is 0.474. The minimum Gasteiger partial charge on any atom is -0.480 e. The number of hydrogen-bond acceptors (Lipinski definition) is 4. The highest BCUT2D eigenvalue weighted by Crippen LogP contribution is 2.13. The molecule has 0 bridgehead atoms. The Hall–Kier alpha value is -2.61. The van der Waals surface area contributed by atoms with Crippen LogP contribution in [0.4, 0.5) is 4.79 Å². The van der Waals surface area contributed by atoms with Crippen LogP contribution in [-0.4, -0.2) is 40.3 Å². The van der Waals surface area contributed by atoms with Gasteiger partial charge in [-0.25, -0.2) is 9.59 Å². The van der Waals surface area contributed by atoms with Crippen LogP contribution in [0, 0.1) is 0 Å². The second-order valence-electron chi connectivity index (χ2n) is 4.42. The Balaban J connectivity index is 2.96. The van der Waals surface area contributed by atoms with E-state index < -0.39 is 36.1 Å². The van der Waals surface area contributed by atoms with Crippen LogP contribution >= 0.6 is 0 Å². The Morgan fingerprint density at radius 1 is 1.14 bits per heavy atom. The fourth-order valence-electron chi connectivity index (χ4n) is 1.71. The fraction of sp³-hybridized carbons (Fsp3) is 0.308. The molecule has 1 aromatic carbocycles. The highest BCUT2D eigenvalue weighted by Gasteiger charge is 2.29. The van der Waals surface area contributed by atoms with Crippen LogP contribution < -0.4 is 16.4 Å². The zero-order valence-electron chi connectivity index (χ0n) is 11.3. The van der Waals surface area contributed by atoms with Crippen LogP contribution in [0.15, 0.2) is 30.3 Å². The minimum atomic E-state index is -1.49. The number of nitrogens with one attached hydrogen (secondary N) is 2. The molecule has 0 spiro atoms. The van der Waals surface area contributed by atoms with Crippen LogP contribution in [0.2, 0.25) is 0 Å². The van der Waals surface area contributed by atoms with E-state index in [0.29, 0.717) is 5.56 Å². The summed E-state index contributed by atoms with van der Waals surface area (Å²) in [4.78, 5) is 34.1. The number of rotatable bonds is 6. The molecule has 8 nitrogen and oxygen atoms in total. The average molecular weight is 295 g/mol. The summed E-state index contributed by atoms with van der Waals surface area (Å²) in [5, 5.41) is 22.7. The number of aliphatic hydroxyl groups excluding tert-OH is 1. The molecule has 6 N–H and O–H groups in total. The van der Waals surface area contributed by atoms with Crippen LogP contribution in [0.3, 0.4) is 0 Å². The van der Waals surface area contributed by atoms with Crippen molar-refractivity contribution in [1.82, 2.24) is 10.6 Å². The Kier molecular flexibility index (Phi) is 5.67. The number of carboxylic acid groups (broad SMARTS) is 1. The van der Waals surface area contributed by atoms with Gasteiger partial charge in [-0.05, 0) is 12.5 Å². The van der Waals surface area contributed by atoms with E-state index in [9.17, 15) is 19.5 Å². The number of aliphatic carboxylic acids is 1. The molecule has 0 aliphatic heterocycles. The summed E-state index contributed by atoms with van der Waals surface area (Å²) in [7, 11) is 0. The van der Waals surface area contributed by atoms with Crippen molar-refractivity contribution < 1.29 is 24.6 Å². The van der Waals surface area contributed by atoms with Crippen molar-refractivity contribution in [2.75, 3.05) is 0 Å². The van der Waals surface area contributed by atoms with Gasteiger partial charge in [-0.2, -0.15) is 0 Å². The highest BCUT2D eigenvalue weighted by atomic mass is 16.4. The topological polar surface area (TPSA) is 142 Å². The Morgan fingerprint density at radius 2 is 1.71 bits per heavy atom. The van der Waals surface area contributed by atoms with E-state index in [1.165, 1.54) is 6.92 Å². The SMILES string of the molecule is CC(O)C(NC(=O)C(NC(N)=O)c1ccccc1)C(=O)O. The maximum atomic E-state index is 12.1. The van der Waals surface area contributed by atoms with Gasteiger partial charge in [0.1, 0.15) is 6.04 Å². The molecule has 3 atom stereocenters. The average Bonchev–Trinajstić information content (AvgIpc) is 2.42. The summed E-state index contributed by atoms with van der Waals surface area (Å²) in [5.74, 6) is -2.17. The lowest BCUT2D eigenvalue weighted by Crippen LogP contribution is -2.52. The van der Waals surface area contributed by atoms with Crippen molar-refractivity contribution in [1.29, 1.82) is 0 Å². The first kappa shape index (κ1) is 16.4. The third-order valence-electron chi connectivity index (χ3n) is 2.73. The largest absolute Gasteiger partial charge is 0.480 e. The van der Waals surface area contributed by atoms with Gasteiger partial charge in [-0.1, -0.05) is 30.3 Å². The Labute approximate surface area is 120 Å². The summed E-state index contributed by atoms with van der Waals surface area (Å²) in [6, 6.07) is 4.63. The molecule has 0 radical (unpaired) electrons. The molecule has 1 aromatic rings. The molecule has 1 rings (SSSR count). The molecular formula is C13H17N3O5. The minimum absolute atomic E-state index is 0.434. The van der Waals surface area contributed by atoms with Gasteiger partial charge < -0.3 is 26.6 Å². The first-order valence-corrected chi connectivity index (χ1v) is 6.15. The van der Waals surface area contributed by atoms with Crippen molar-refractivity contribution in [2.24, 2.45) is 5.73 Å². The summed E-state index contributed by atoms with van der Waals surface area (Å²) in [5.41, 5.74) is 5.46. The first-order valence-electron chi connectivity index (χ1n) is 6.15. The van der Waals surface area contributed by atoms with E-state index in [-0.39, 0.29) is 0 Å². The molecule has 0 saturated heterocycles. The molecule has 0 aliphatic carbocycles. The van der Waals surface area contributed by atoms with E-state index in [1.54, 1.807) is 30.3 Å². The number of aliphatic hydroxyl groups is 1. The lowest BCUT2D eigenvalue weighted by Gasteiger charge is -2.22. The van der Waals surface area contributed by atoms with Crippen molar-refractivity contribution in [3.8, 4) is 0 Å². The summed E-state index contributed by atoms with van der Waals surface area (Å²) in [6.07, 6.45) is -1.29. The molecule has 0 aromatic heterocycles. The van der Waals surface area contributed by atoms with Crippen LogP contribution in [-0.2, 0) is 9.59 Å². The van der Waals surface area contributed by atoms with Gasteiger partial charge >= 0.3 is 12.0 Å². The highest BCUT2D eigenvalue weighted by molar-refractivity contribution is 5.90. The molecule has 3 amide bonds. The number of nitrogens with two attached hydrogens (primary N) is 1. The zero-order chi connectivity index (χ0) is 16.0. The van der Waals surface area contributed by atoms with E-state index in [2.05, 4.69) is 10.6 Å². The maximum Gasteiger partial charge on any atom is 0.328 e. The standard InChI is InChI=1S/C13H17N3O5/c1-7(17)9(12(19)20)15-11(18)10(16-13(14)21)8-5-3-2-4-6-8/h2-7,9-10,17H,1H3,(H,15,18)(H,19,20)(H3,14,16,21). The zero-order valence-corrected chi connectivity index (χ0v) is 11.3. The van der Waals surface area contributed by atoms with Crippen molar-refractivity contribution in [3.63, 3.8) is 0 Å². The molecule has 3 unspecified atom stereocenters. The van der Waals surface area contributed by atoms with Crippen molar-refractivity contribution >= 4 is 17.9 Å². The van der Waals surface area contributed by atoms with Gasteiger partial charge in [0.15, 0.2) is 6.04 Å². The van der Waals surface area contributed by atoms with Gasteiger partial charge in [-0.3, -0.25) is 4.79 Å². The second kappa shape index (κ2) is 7.25. The van der Waals surface area contributed by atoms with Crippen LogP contribution in [0.5, 0.6) is 0 Å². The van der Waals surface area contributed by atoms with Gasteiger partial charge in [0.25, 0.3) is 0 Å². The van der Waals surface area contributed by atoms with Gasteiger partial charge in [0.2, 0.25) is 5.91 Å². The number of urea groups is 1. The second-order valence-corrected chi connectivity index (χ2v) is 4.42. The molecule has 0 saturated carbocycles. The third-order valence-corrected chi connectivity index (χ3v) is 2.73. The molecule has 0 fully saturated rings. The van der Waals surface area contributed by atoms with Crippen LogP contribution in [0.25, 0.3) is 0 Å². The first-order chi connectivity index (χ1) is 9.82. The monoisotopic (exact) mass is 295 g/mol. The van der Waals surface area contributed by atoms with E-state index in [4.69, 9.17) is 10.8 Å². The van der Waals surface area contributed by atoms with E-state index in [1.807, 2.05) is 0 Å². The maximum absolute atomic E-state index is 12.1. The summed E-state index contributed by atoms with van der Waals surface area (Å²) >= 11 is 0. The number of hydrogen-bond donors (Lipinski definition) is 5. The van der Waals surface area contributed by atoms with E-state index >= 15 is 0 Å². The molecule has 0 aliphatic rings. The number of amides is 3. The predicted molar refractivity (Wildman–Crippen MR) is 73.1 cm³/mol. The molecular weight excluding hydrogens is 278 g/mol. The van der Waals surface area contributed by atoms with Gasteiger partial charge in [-0.15, -0.1) is 0 Å². The Bertz CT molecular complexity index is 518.